The van der Waals surface area contributed by atoms with Crippen LogP contribution in [0.3, 0.4) is 0 Å². The third kappa shape index (κ3) is 9.66. The standard InChI is InChI=1S/C90H60B2N4OS/c1-8-27-61(28-9-1)63-47-51-70(52-48-63)94(71-53-49-64(50-54-71)62-29-10-2-11-30-62)73-57-85-89-87(58-73)98-86-60-81-78(59-79(86)92(89)77-44-23-25-46-84(77)97-85)91-76-43-22-24-45-80(76)95(69-39-20-7-21-40-69)82-55-72(93(67-35-16-5-17-36-67)68-37-18-6-19-38-68)56-83(88(82)91)96(81)90-74(65-31-12-3-13-32-65)41-26-42-75(90)66-33-14-4-15-34-66/h1-60H. The first-order valence-electron chi connectivity index (χ1n) is 33.6. The normalized spacial score (nSPS) is 12.7. The molecule has 8 heteroatoms. The highest BCUT2D eigenvalue weighted by Crippen LogP contribution is 2.54. The van der Waals surface area contributed by atoms with E-state index in [1.54, 1.807) is 0 Å². The molecule has 0 aromatic heterocycles. The van der Waals surface area contributed by atoms with Crippen molar-refractivity contribution >= 4 is 126 Å². The van der Waals surface area contributed by atoms with Crippen LogP contribution in [-0.4, -0.2) is 13.4 Å². The summed E-state index contributed by atoms with van der Waals surface area (Å²) >= 11 is 1.86. The van der Waals surface area contributed by atoms with Gasteiger partial charge in [0.25, 0.3) is 13.4 Å². The van der Waals surface area contributed by atoms with Crippen LogP contribution in [-0.2, 0) is 0 Å². The van der Waals surface area contributed by atoms with E-state index >= 15 is 0 Å². The SMILES string of the molecule is c1ccc(-c2ccc(N(c3ccc(-c4ccccc4)cc3)c3cc4c5c(c3)Sc3cc6c(cc3B5c3ccccc3O4)B3c4ccccc4N(c4ccccc4)c4cc(N(c5ccccc5)c5ccccc5)cc(c43)N6c3c(-c4ccccc4)cccc3-c3ccccc3)cc2)cc1. The zero-order chi connectivity index (χ0) is 64.6. The van der Waals surface area contributed by atoms with Crippen LogP contribution in [0.15, 0.2) is 374 Å². The second-order valence-electron chi connectivity index (χ2n) is 25.5. The van der Waals surface area contributed by atoms with E-state index in [0.29, 0.717) is 0 Å². The lowest BCUT2D eigenvalue weighted by atomic mass is 9.31. The summed E-state index contributed by atoms with van der Waals surface area (Å²) < 4.78 is 7.30. The number of hydrogen-bond acceptors (Lipinski definition) is 6. The summed E-state index contributed by atoms with van der Waals surface area (Å²) in [4.78, 5) is 12.4. The van der Waals surface area contributed by atoms with E-state index < -0.39 is 0 Å². The Labute approximate surface area is 576 Å². The number of rotatable bonds is 12. The highest BCUT2D eigenvalue weighted by molar-refractivity contribution is 8.00. The third-order valence-corrected chi connectivity index (χ3v) is 21.0. The average molecular weight is 1270 g/mol. The summed E-state index contributed by atoms with van der Waals surface area (Å²) in [6, 6.07) is 134. The number of nitrogens with zero attached hydrogens (tertiary/aromatic N) is 4. The van der Waals surface area contributed by atoms with Gasteiger partial charge in [-0.3, -0.25) is 0 Å². The molecular weight excluding hydrogens is 1210 g/mol. The Morgan fingerprint density at radius 2 is 0.694 bits per heavy atom. The maximum Gasteiger partial charge on any atom is 0.253 e. The van der Waals surface area contributed by atoms with Crippen molar-refractivity contribution in [2.45, 2.75) is 9.79 Å². The molecule has 0 radical (unpaired) electrons. The first-order valence-corrected chi connectivity index (χ1v) is 34.4. The summed E-state index contributed by atoms with van der Waals surface area (Å²) in [5, 5.41) is 0. The van der Waals surface area contributed by atoms with E-state index in [2.05, 4.69) is 384 Å². The van der Waals surface area contributed by atoms with Crippen LogP contribution >= 0.6 is 11.8 Å². The predicted octanol–water partition coefficient (Wildman–Crippen LogP) is 20.5. The van der Waals surface area contributed by atoms with Crippen molar-refractivity contribution in [1.82, 2.24) is 0 Å². The average Bonchev–Trinajstić information content (AvgIpc) is 0.687. The zero-order valence-corrected chi connectivity index (χ0v) is 54.2. The monoisotopic (exact) mass is 1270 g/mol. The summed E-state index contributed by atoms with van der Waals surface area (Å²) in [5.74, 6) is 1.72. The number of hydrogen-bond donors (Lipinski definition) is 0. The van der Waals surface area contributed by atoms with E-state index in [1.807, 2.05) is 11.8 Å². The molecule has 15 aromatic carbocycles. The van der Waals surface area contributed by atoms with Gasteiger partial charge in [0.05, 0.1) is 17.1 Å². The molecule has 98 heavy (non-hydrogen) atoms. The fourth-order valence-electron chi connectivity index (χ4n) is 15.6. The summed E-state index contributed by atoms with van der Waals surface area (Å²) in [6.07, 6.45) is 0. The van der Waals surface area contributed by atoms with E-state index in [-0.39, 0.29) is 13.4 Å². The first-order chi connectivity index (χ1) is 48.6. The van der Waals surface area contributed by atoms with Crippen LogP contribution in [0.4, 0.5) is 68.2 Å². The third-order valence-electron chi connectivity index (χ3n) is 19.9. The molecule has 0 fully saturated rings. The van der Waals surface area contributed by atoms with Crippen molar-refractivity contribution in [3.8, 4) is 56.0 Å². The van der Waals surface area contributed by atoms with Crippen LogP contribution < -0.4 is 57.1 Å². The van der Waals surface area contributed by atoms with Gasteiger partial charge in [-0.15, -0.1) is 0 Å². The molecule has 19 rings (SSSR count). The van der Waals surface area contributed by atoms with Gasteiger partial charge in [-0.2, -0.15) is 0 Å². The largest absolute Gasteiger partial charge is 0.458 e. The Morgan fingerprint density at radius 1 is 0.255 bits per heavy atom. The predicted molar refractivity (Wildman–Crippen MR) is 413 cm³/mol. The molecule has 0 atom stereocenters. The molecule has 0 bridgehead atoms. The van der Waals surface area contributed by atoms with Gasteiger partial charge >= 0.3 is 0 Å². The van der Waals surface area contributed by atoms with Gasteiger partial charge in [-0.1, -0.05) is 278 Å². The second kappa shape index (κ2) is 23.9. The smallest absolute Gasteiger partial charge is 0.253 e. The van der Waals surface area contributed by atoms with Gasteiger partial charge in [0.1, 0.15) is 11.5 Å². The molecule has 4 heterocycles. The highest BCUT2D eigenvalue weighted by Gasteiger charge is 2.48. The zero-order valence-electron chi connectivity index (χ0n) is 53.4. The highest BCUT2D eigenvalue weighted by atomic mass is 32.2. The van der Waals surface area contributed by atoms with Crippen molar-refractivity contribution in [3.05, 3.63) is 364 Å². The Hall–Kier alpha value is -12.2. The van der Waals surface area contributed by atoms with Gasteiger partial charge < -0.3 is 24.3 Å². The lowest BCUT2D eigenvalue weighted by Gasteiger charge is -2.46. The van der Waals surface area contributed by atoms with Crippen molar-refractivity contribution in [3.63, 3.8) is 0 Å². The van der Waals surface area contributed by atoms with E-state index in [1.165, 1.54) is 43.3 Å². The number of benzene rings is 15. The fraction of sp³-hybridized carbons (Fsp3) is 0. The van der Waals surface area contributed by atoms with Crippen LogP contribution in [0.25, 0.3) is 44.5 Å². The minimum absolute atomic E-state index is 0.151. The molecule has 458 valence electrons. The van der Waals surface area contributed by atoms with E-state index in [0.717, 1.165) is 123 Å². The molecule has 15 aromatic rings. The van der Waals surface area contributed by atoms with Crippen molar-refractivity contribution in [2.24, 2.45) is 0 Å². The van der Waals surface area contributed by atoms with Crippen LogP contribution in [0.2, 0.25) is 0 Å². The fourth-order valence-corrected chi connectivity index (χ4v) is 16.8. The summed E-state index contributed by atoms with van der Waals surface area (Å²) in [7, 11) is 0. The summed E-state index contributed by atoms with van der Waals surface area (Å²) in [5.41, 5.74) is 29.5. The molecule has 0 N–H and O–H groups in total. The topological polar surface area (TPSA) is 22.2 Å². The van der Waals surface area contributed by atoms with Crippen molar-refractivity contribution < 1.29 is 4.74 Å². The van der Waals surface area contributed by atoms with Crippen LogP contribution in [0.5, 0.6) is 11.5 Å². The first kappa shape index (κ1) is 57.2. The van der Waals surface area contributed by atoms with Gasteiger partial charge in [0.15, 0.2) is 0 Å². The van der Waals surface area contributed by atoms with Gasteiger partial charge in [-0.05, 0) is 158 Å². The van der Waals surface area contributed by atoms with Gasteiger partial charge in [-0.25, -0.2) is 0 Å². The lowest BCUT2D eigenvalue weighted by Crippen LogP contribution is -2.64. The van der Waals surface area contributed by atoms with E-state index in [4.69, 9.17) is 4.74 Å². The maximum atomic E-state index is 7.30. The number of fused-ring (bicyclic) bond motifs is 8. The molecule has 4 aliphatic rings. The minimum Gasteiger partial charge on any atom is -0.458 e. The molecule has 0 saturated carbocycles. The van der Waals surface area contributed by atoms with Gasteiger partial charge in [0.2, 0.25) is 0 Å². The molecular formula is C90H60B2N4OS. The molecule has 4 aliphatic heterocycles. The Morgan fingerprint density at radius 3 is 1.26 bits per heavy atom. The van der Waals surface area contributed by atoms with Gasteiger partial charge in [0, 0.05) is 78.2 Å². The molecule has 0 unspecified atom stereocenters. The number of anilines is 12. The Balaban J connectivity index is 0.886. The van der Waals surface area contributed by atoms with Crippen LogP contribution in [0, 0.1) is 0 Å². The molecule has 0 aliphatic carbocycles. The van der Waals surface area contributed by atoms with Crippen LogP contribution in [0.1, 0.15) is 0 Å². The molecule has 0 saturated heterocycles. The van der Waals surface area contributed by atoms with Crippen molar-refractivity contribution in [2.75, 3.05) is 19.6 Å². The lowest BCUT2D eigenvalue weighted by molar-refractivity contribution is 0.486. The van der Waals surface area contributed by atoms with Crippen molar-refractivity contribution in [1.29, 1.82) is 0 Å². The minimum atomic E-state index is -0.189. The van der Waals surface area contributed by atoms with E-state index in [9.17, 15) is 0 Å². The molecule has 0 amide bonds. The second-order valence-corrected chi connectivity index (χ2v) is 26.6. The number of para-hydroxylation sites is 6. The number of ether oxygens (including phenoxy) is 1. The molecule has 0 spiro atoms. The molecule has 5 nitrogen and oxygen atoms in total. The quantitative estimate of drug-likeness (QED) is 0.113. The Kier molecular flexibility index (Phi) is 14.0. The maximum absolute atomic E-state index is 7.30. The Bertz CT molecular complexity index is 5340. The summed E-state index contributed by atoms with van der Waals surface area (Å²) in [6.45, 7) is -0.339.